The molecule has 1 N–H and O–H groups in total. The lowest BCUT2D eigenvalue weighted by molar-refractivity contribution is -0.147. The van der Waals surface area contributed by atoms with Crippen molar-refractivity contribution in [1.29, 1.82) is 0 Å². The van der Waals surface area contributed by atoms with Gasteiger partial charge in [-0.25, -0.2) is 14.5 Å². The largest absolute Gasteiger partial charge is 0.464 e. The highest BCUT2D eigenvalue weighted by Crippen LogP contribution is 2.29. The zero-order valence-electron chi connectivity index (χ0n) is 21.4. The van der Waals surface area contributed by atoms with E-state index in [9.17, 15) is 9.59 Å². The van der Waals surface area contributed by atoms with Crippen molar-refractivity contribution in [3.05, 3.63) is 58.4 Å². The quantitative estimate of drug-likeness (QED) is 0.501. The van der Waals surface area contributed by atoms with Gasteiger partial charge in [0.2, 0.25) is 5.91 Å². The first kappa shape index (κ1) is 25.4. The third kappa shape index (κ3) is 5.64. The van der Waals surface area contributed by atoms with Crippen molar-refractivity contribution in [2.75, 3.05) is 6.61 Å². The lowest BCUT2D eigenvalue weighted by Gasteiger charge is -2.21. The van der Waals surface area contributed by atoms with Gasteiger partial charge in [-0.05, 0) is 71.6 Å². The van der Waals surface area contributed by atoms with Gasteiger partial charge < -0.3 is 10.1 Å². The molecule has 1 aromatic carbocycles. The van der Waals surface area contributed by atoms with E-state index in [1.165, 1.54) is 0 Å². The summed E-state index contributed by atoms with van der Waals surface area (Å²) in [7, 11) is 0. The second-order valence-corrected chi connectivity index (χ2v) is 9.73. The van der Waals surface area contributed by atoms with Crippen molar-refractivity contribution < 1.29 is 14.3 Å². The molecule has 0 saturated carbocycles. The predicted molar refractivity (Wildman–Crippen MR) is 134 cm³/mol. The molecule has 182 valence electrons. The molecule has 7 heteroatoms. The lowest BCUT2D eigenvalue weighted by Crippen LogP contribution is -2.43. The minimum atomic E-state index is -0.718. The molecule has 3 rings (SSSR count). The van der Waals surface area contributed by atoms with Crippen LogP contribution in [0.4, 0.5) is 0 Å². The van der Waals surface area contributed by atoms with Crippen molar-refractivity contribution in [3.8, 4) is 0 Å². The monoisotopic (exact) mass is 464 g/mol. The Bertz CT molecular complexity index is 1180. The van der Waals surface area contributed by atoms with Crippen LogP contribution in [0, 0.1) is 20.8 Å². The number of carbonyl (C=O) groups is 2. The van der Waals surface area contributed by atoms with Crippen LogP contribution < -0.4 is 5.32 Å². The number of aromatic nitrogens is 3. The molecule has 1 amide bonds. The minimum Gasteiger partial charge on any atom is -0.464 e. The summed E-state index contributed by atoms with van der Waals surface area (Å²) < 4.78 is 7.17. The molecule has 34 heavy (non-hydrogen) atoms. The van der Waals surface area contributed by atoms with Gasteiger partial charge in [0.05, 0.1) is 17.8 Å². The molecular weight excluding hydrogens is 428 g/mol. The van der Waals surface area contributed by atoms with E-state index in [4.69, 9.17) is 14.8 Å². The molecule has 7 nitrogen and oxygen atoms in total. The normalized spacial score (nSPS) is 12.6. The van der Waals surface area contributed by atoms with Crippen LogP contribution in [0.15, 0.2) is 30.3 Å². The highest BCUT2D eigenvalue weighted by molar-refractivity contribution is 5.86. The van der Waals surface area contributed by atoms with Crippen LogP contribution in [-0.2, 0) is 32.7 Å². The Morgan fingerprint density at radius 2 is 1.76 bits per heavy atom. The topological polar surface area (TPSA) is 86.1 Å². The smallest absolute Gasteiger partial charge is 0.328 e. The zero-order chi connectivity index (χ0) is 25.0. The first-order valence-electron chi connectivity index (χ1n) is 11.9. The van der Waals surface area contributed by atoms with E-state index < -0.39 is 12.0 Å². The van der Waals surface area contributed by atoms with Crippen LogP contribution in [0.5, 0.6) is 0 Å². The summed E-state index contributed by atoms with van der Waals surface area (Å²) in [6.45, 7) is 14.4. The number of nitrogens with zero attached hydrogens (tertiary/aromatic N) is 3. The third-order valence-electron chi connectivity index (χ3n) is 6.00. The van der Waals surface area contributed by atoms with E-state index in [1.807, 2.05) is 48.9 Å². The summed E-state index contributed by atoms with van der Waals surface area (Å²) >= 11 is 0. The second-order valence-electron chi connectivity index (χ2n) is 9.73. The Labute approximate surface area is 201 Å². The van der Waals surface area contributed by atoms with E-state index in [0.29, 0.717) is 12.8 Å². The fraction of sp³-hybridized carbons (Fsp3) is 0.481. The summed E-state index contributed by atoms with van der Waals surface area (Å²) in [5.74, 6) is -0.602. The van der Waals surface area contributed by atoms with Crippen LogP contribution in [-0.4, -0.2) is 39.3 Å². The standard InChI is InChI=1S/C27H36N4O3/c1-8-34-26(33)22(16-20-12-10-9-11-13-20)29-23(32)15-14-21-17(2)24-19(4)30-31(27(5,6)7)25(24)28-18(21)3/h9-13,22H,8,14-16H2,1-7H3,(H,29,32)/t22-/m0/s1. The molecule has 0 saturated heterocycles. The number of hydrogen-bond acceptors (Lipinski definition) is 5. The fourth-order valence-electron chi connectivity index (χ4n) is 4.33. The summed E-state index contributed by atoms with van der Waals surface area (Å²) in [6.07, 6.45) is 1.18. The van der Waals surface area contributed by atoms with Gasteiger partial charge in [0.1, 0.15) is 6.04 Å². The van der Waals surface area contributed by atoms with Crippen molar-refractivity contribution in [1.82, 2.24) is 20.1 Å². The average molecular weight is 465 g/mol. The first-order chi connectivity index (χ1) is 16.0. The number of pyridine rings is 1. The maximum Gasteiger partial charge on any atom is 0.328 e. The molecule has 0 aliphatic rings. The molecular formula is C27H36N4O3. The van der Waals surface area contributed by atoms with Gasteiger partial charge in [-0.15, -0.1) is 0 Å². The number of esters is 1. The van der Waals surface area contributed by atoms with Crippen LogP contribution in [0.3, 0.4) is 0 Å². The van der Waals surface area contributed by atoms with Crippen LogP contribution >= 0.6 is 0 Å². The van der Waals surface area contributed by atoms with Gasteiger partial charge in [0, 0.05) is 23.9 Å². The van der Waals surface area contributed by atoms with Gasteiger partial charge in [-0.3, -0.25) is 4.79 Å². The SMILES string of the molecule is CCOC(=O)[C@H](Cc1ccccc1)NC(=O)CCc1c(C)nc2c(c(C)nn2C(C)(C)C)c1C. The molecule has 0 aliphatic heterocycles. The summed E-state index contributed by atoms with van der Waals surface area (Å²) in [4.78, 5) is 30.2. The van der Waals surface area contributed by atoms with Gasteiger partial charge in [-0.2, -0.15) is 5.10 Å². The summed E-state index contributed by atoms with van der Waals surface area (Å²) in [5.41, 5.74) is 5.65. The molecule has 0 radical (unpaired) electrons. The number of benzene rings is 1. The number of ether oxygens (including phenoxy) is 1. The van der Waals surface area contributed by atoms with E-state index >= 15 is 0 Å². The van der Waals surface area contributed by atoms with Gasteiger partial charge in [-0.1, -0.05) is 30.3 Å². The van der Waals surface area contributed by atoms with Gasteiger partial charge in [0.25, 0.3) is 0 Å². The number of carbonyl (C=O) groups excluding carboxylic acids is 2. The third-order valence-corrected chi connectivity index (χ3v) is 6.00. The summed E-state index contributed by atoms with van der Waals surface area (Å²) in [6, 6.07) is 8.91. The van der Waals surface area contributed by atoms with E-state index in [1.54, 1.807) is 6.92 Å². The highest BCUT2D eigenvalue weighted by atomic mass is 16.5. The van der Waals surface area contributed by atoms with Gasteiger partial charge >= 0.3 is 5.97 Å². The van der Waals surface area contributed by atoms with E-state index in [2.05, 4.69) is 33.0 Å². The zero-order valence-corrected chi connectivity index (χ0v) is 21.4. The number of hydrogen-bond donors (Lipinski definition) is 1. The highest BCUT2D eigenvalue weighted by Gasteiger charge is 2.25. The molecule has 0 spiro atoms. The minimum absolute atomic E-state index is 0.180. The first-order valence-corrected chi connectivity index (χ1v) is 11.9. The van der Waals surface area contributed by atoms with Crippen LogP contribution in [0.25, 0.3) is 11.0 Å². The number of rotatable bonds is 8. The number of aryl methyl sites for hydroxylation is 3. The molecule has 2 heterocycles. The Kier molecular flexibility index (Phi) is 7.75. The predicted octanol–water partition coefficient (Wildman–Crippen LogP) is 4.33. The van der Waals surface area contributed by atoms with Crippen LogP contribution in [0.2, 0.25) is 0 Å². The molecule has 0 bridgehead atoms. The molecule has 0 fully saturated rings. The van der Waals surface area contributed by atoms with Gasteiger partial charge in [0.15, 0.2) is 5.65 Å². The molecule has 0 aliphatic carbocycles. The second kappa shape index (κ2) is 10.4. The number of nitrogens with one attached hydrogen (secondary N) is 1. The maximum atomic E-state index is 12.9. The Morgan fingerprint density at radius 1 is 1.09 bits per heavy atom. The van der Waals surface area contributed by atoms with Crippen molar-refractivity contribution in [2.45, 2.75) is 79.3 Å². The Balaban J connectivity index is 1.78. The number of fused-ring (bicyclic) bond motifs is 1. The van der Waals surface area contributed by atoms with Crippen LogP contribution in [0.1, 0.15) is 62.2 Å². The van der Waals surface area contributed by atoms with E-state index in [-0.39, 0.29) is 24.5 Å². The molecule has 3 aromatic rings. The van der Waals surface area contributed by atoms with E-state index in [0.717, 1.165) is 39.1 Å². The lowest BCUT2D eigenvalue weighted by atomic mass is 9.98. The van der Waals surface area contributed by atoms with Crippen molar-refractivity contribution in [3.63, 3.8) is 0 Å². The fourth-order valence-corrected chi connectivity index (χ4v) is 4.33. The Hall–Kier alpha value is -3.22. The number of amides is 1. The Morgan fingerprint density at radius 3 is 2.38 bits per heavy atom. The van der Waals surface area contributed by atoms with Crippen molar-refractivity contribution in [2.24, 2.45) is 0 Å². The summed E-state index contributed by atoms with van der Waals surface area (Å²) in [5, 5.41) is 8.67. The maximum absolute atomic E-state index is 12.9. The molecule has 1 atom stereocenters. The average Bonchev–Trinajstić information content (AvgIpc) is 3.10. The van der Waals surface area contributed by atoms with Crippen molar-refractivity contribution >= 4 is 22.9 Å². The molecule has 2 aromatic heterocycles. The molecule has 0 unspecified atom stereocenters.